The van der Waals surface area contributed by atoms with E-state index in [0.29, 0.717) is 0 Å². The Hall–Kier alpha value is -1.43. The zero-order chi connectivity index (χ0) is 9.84. The van der Waals surface area contributed by atoms with Gasteiger partial charge in [0.05, 0.1) is 12.3 Å². The molecule has 1 unspecified atom stereocenters. The predicted molar refractivity (Wildman–Crippen MR) is 45.2 cm³/mol. The van der Waals surface area contributed by atoms with Crippen LogP contribution in [0.3, 0.4) is 0 Å². The lowest BCUT2D eigenvalue weighted by Crippen LogP contribution is -2.26. The summed E-state index contributed by atoms with van der Waals surface area (Å²) >= 11 is 0. The Kier molecular flexibility index (Phi) is 2.97. The third-order valence-electron chi connectivity index (χ3n) is 1.58. The molecular formula is C7H11N3O3. The van der Waals surface area contributed by atoms with Gasteiger partial charge in [-0.05, 0) is 6.92 Å². The highest BCUT2D eigenvalue weighted by Gasteiger charge is 2.27. The first kappa shape index (κ1) is 9.66. The van der Waals surface area contributed by atoms with Gasteiger partial charge in [0.25, 0.3) is 5.91 Å². The van der Waals surface area contributed by atoms with Crippen molar-refractivity contribution < 1.29 is 14.3 Å². The van der Waals surface area contributed by atoms with Gasteiger partial charge in [-0.1, -0.05) is 0 Å². The SMILES string of the molecule is COC(C)/C=N/N1C(=O)CNC1=O. The van der Waals surface area contributed by atoms with Crippen molar-refractivity contribution >= 4 is 18.2 Å². The fraction of sp³-hybridized carbons (Fsp3) is 0.571. The Morgan fingerprint density at radius 2 is 2.38 bits per heavy atom. The lowest BCUT2D eigenvalue weighted by Gasteiger charge is -2.05. The Labute approximate surface area is 75.5 Å². The third-order valence-corrected chi connectivity index (χ3v) is 1.58. The predicted octanol–water partition coefficient (Wildman–Crippen LogP) is -0.441. The van der Waals surface area contributed by atoms with E-state index in [9.17, 15) is 9.59 Å². The van der Waals surface area contributed by atoms with Crippen molar-refractivity contribution in [3.8, 4) is 0 Å². The van der Waals surface area contributed by atoms with Crippen LogP contribution in [-0.4, -0.2) is 42.9 Å². The number of hydrazone groups is 1. The molecule has 1 heterocycles. The largest absolute Gasteiger partial charge is 0.376 e. The summed E-state index contributed by atoms with van der Waals surface area (Å²) in [5, 5.41) is 6.81. The molecule has 0 saturated carbocycles. The van der Waals surface area contributed by atoms with Crippen LogP contribution in [0.1, 0.15) is 6.92 Å². The molecule has 6 nitrogen and oxygen atoms in total. The van der Waals surface area contributed by atoms with Crippen molar-refractivity contribution in [2.75, 3.05) is 13.7 Å². The summed E-state index contributed by atoms with van der Waals surface area (Å²) in [5.41, 5.74) is 0. The molecule has 0 radical (unpaired) electrons. The molecule has 0 aromatic rings. The summed E-state index contributed by atoms with van der Waals surface area (Å²) in [7, 11) is 1.52. The first-order chi connectivity index (χ1) is 6.15. The monoisotopic (exact) mass is 185 g/mol. The molecule has 13 heavy (non-hydrogen) atoms. The second-order valence-electron chi connectivity index (χ2n) is 2.57. The number of nitrogens with zero attached hydrogens (tertiary/aromatic N) is 2. The van der Waals surface area contributed by atoms with Crippen LogP contribution in [0.25, 0.3) is 0 Å². The number of amides is 3. The van der Waals surface area contributed by atoms with Crippen molar-refractivity contribution in [1.29, 1.82) is 0 Å². The highest BCUT2D eigenvalue weighted by molar-refractivity contribution is 6.02. The quantitative estimate of drug-likeness (QED) is 0.478. The van der Waals surface area contributed by atoms with Crippen LogP contribution >= 0.6 is 0 Å². The van der Waals surface area contributed by atoms with Crippen molar-refractivity contribution in [1.82, 2.24) is 10.3 Å². The highest BCUT2D eigenvalue weighted by atomic mass is 16.5. The summed E-state index contributed by atoms with van der Waals surface area (Å²) in [6.07, 6.45) is 1.17. The van der Waals surface area contributed by atoms with Gasteiger partial charge in [-0.3, -0.25) is 4.79 Å². The lowest BCUT2D eigenvalue weighted by molar-refractivity contribution is -0.124. The van der Waals surface area contributed by atoms with E-state index in [2.05, 4.69) is 10.4 Å². The molecule has 0 aliphatic carbocycles. The summed E-state index contributed by atoms with van der Waals surface area (Å²) < 4.78 is 4.86. The normalized spacial score (nSPS) is 19.7. The van der Waals surface area contributed by atoms with Gasteiger partial charge < -0.3 is 10.1 Å². The Morgan fingerprint density at radius 1 is 1.69 bits per heavy atom. The standard InChI is InChI=1S/C7H11N3O3/c1-5(13-2)3-9-10-6(11)4-8-7(10)12/h3,5H,4H2,1-2H3,(H,8,12)/b9-3+. The molecule has 72 valence electrons. The maximum Gasteiger partial charge on any atom is 0.345 e. The summed E-state index contributed by atoms with van der Waals surface area (Å²) in [6.45, 7) is 1.76. The Bertz CT molecular complexity index is 235. The average Bonchev–Trinajstić information content (AvgIpc) is 2.43. The van der Waals surface area contributed by atoms with Gasteiger partial charge in [0.15, 0.2) is 0 Å². The maximum absolute atomic E-state index is 11.0. The van der Waals surface area contributed by atoms with E-state index in [1.807, 2.05) is 0 Å². The molecule has 0 spiro atoms. The molecule has 1 aliphatic rings. The molecule has 1 N–H and O–H groups in total. The zero-order valence-corrected chi connectivity index (χ0v) is 7.48. The van der Waals surface area contributed by atoms with Gasteiger partial charge in [0, 0.05) is 7.11 Å². The minimum absolute atomic E-state index is 0.0114. The Balaban J connectivity index is 2.57. The van der Waals surface area contributed by atoms with Crippen molar-refractivity contribution in [3.05, 3.63) is 0 Å². The molecular weight excluding hydrogens is 174 g/mol. The van der Waals surface area contributed by atoms with E-state index in [4.69, 9.17) is 4.74 Å². The van der Waals surface area contributed by atoms with Crippen LogP contribution < -0.4 is 5.32 Å². The third kappa shape index (κ3) is 2.25. The average molecular weight is 185 g/mol. The van der Waals surface area contributed by atoms with Crippen LogP contribution in [0.4, 0.5) is 4.79 Å². The number of ether oxygens (including phenoxy) is 1. The number of carbonyl (C=O) groups excluding carboxylic acids is 2. The van der Waals surface area contributed by atoms with Crippen molar-refractivity contribution in [2.45, 2.75) is 13.0 Å². The van der Waals surface area contributed by atoms with Crippen LogP contribution in [-0.2, 0) is 9.53 Å². The lowest BCUT2D eigenvalue weighted by atomic mass is 10.4. The van der Waals surface area contributed by atoms with Gasteiger partial charge in [0.2, 0.25) is 0 Å². The molecule has 6 heteroatoms. The zero-order valence-electron chi connectivity index (χ0n) is 7.48. The molecule has 1 atom stereocenters. The second kappa shape index (κ2) is 3.99. The first-order valence-corrected chi connectivity index (χ1v) is 3.83. The molecule has 0 bridgehead atoms. The molecule has 0 aromatic heterocycles. The Morgan fingerprint density at radius 3 is 2.85 bits per heavy atom. The van der Waals surface area contributed by atoms with E-state index in [0.717, 1.165) is 5.01 Å². The number of nitrogens with one attached hydrogen (secondary N) is 1. The number of hydrogen-bond donors (Lipinski definition) is 1. The van der Waals surface area contributed by atoms with Crippen molar-refractivity contribution in [3.63, 3.8) is 0 Å². The smallest absolute Gasteiger partial charge is 0.345 e. The van der Waals surface area contributed by atoms with Gasteiger partial charge in [-0.2, -0.15) is 5.10 Å². The molecule has 3 amide bonds. The van der Waals surface area contributed by atoms with Gasteiger partial charge in [-0.15, -0.1) is 5.01 Å². The van der Waals surface area contributed by atoms with Crippen LogP contribution in [0.5, 0.6) is 0 Å². The number of imide groups is 1. The summed E-state index contributed by atoms with van der Waals surface area (Å²) in [4.78, 5) is 21.9. The number of carbonyl (C=O) groups is 2. The van der Waals surface area contributed by atoms with Gasteiger partial charge in [0.1, 0.15) is 6.54 Å². The minimum atomic E-state index is -0.496. The molecule has 1 saturated heterocycles. The van der Waals surface area contributed by atoms with Gasteiger partial charge in [-0.25, -0.2) is 4.79 Å². The van der Waals surface area contributed by atoms with Crippen LogP contribution in [0.15, 0.2) is 5.10 Å². The van der Waals surface area contributed by atoms with Crippen molar-refractivity contribution in [2.24, 2.45) is 5.10 Å². The second-order valence-corrected chi connectivity index (χ2v) is 2.57. The van der Waals surface area contributed by atoms with Gasteiger partial charge >= 0.3 is 6.03 Å². The minimum Gasteiger partial charge on any atom is -0.376 e. The van der Waals surface area contributed by atoms with E-state index in [-0.39, 0.29) is 18.6 Å². The summed E-state index contributed by atoms with van der Waals surface area (Å²) in [6, 6.07) is -0.496. The van der Waals surface area contributed by atoms with E-state index in [1.165, 1.54) is 13.3 Å². The molecule has 1 aliphatic heterocycles. The summed E-state index contributed by atoms with van der Waals surface area (Å²) in [5.74, 6) is -0.357. The number of methoxy groups -OCH3 is 1. The maximum atomic E-state index is 11.0. The van der Waals surface area contributed by atoms with Crippen LogP contribution in [0.2, 0.25) is 0 Å². The molecule has 1 rings (SSSR count). The number of rotatable bonds is 3. The van der Waals surface area contributed by atoms with E-state index in [1.54, 1.807) is 6.92 Å². The molecule has 0 aromatic carbocycles. The van der Waals surface area contributed by atoms with E-state index < -0.39 is 6.03 Å². The van der Waals surface area contributed by atoms with Crippen LogP contribution in [0, 0.1) is 0 Å². The fourth-order valence-electron chi connectivity index (χ4n) is 0.752. The number of urea groups is 1. The molecule has 1 fully saturated rings. The fourth-order valence-corrected chi connectivity index (χ4v) is 0.752. The highest BCUT2D eigenvalue weighted by Crippen LogP contribution is 1.98. The topological polar surface area (TPSA) is 71.0 Å². The first-order valence-electron chi connectivity index (χ1n) is 3.83. The number of hydrogen-bond acceptors (Lipinski definition) is 4. The van der Waals surface area contributed by atoms with E-state index >= 15 is 0 Å².